The van der Waals surface area contributed by atoms with Crippen molar-refractivity contribution in [3.05, 3.63) is 188 Å². The summed E-state index contributed by atoms with van der Waals surface area (Å²) in [5, 5.41) is 0. The topological polar surface area (TPSA) is 758 Å². The molecule has 0 bridgehead atoms. The summed E-state index contributed by atoms with van der Waals surface area (Å²) in [6.45, 7) is -25.8. The van der Waals surface area contributed by atoms with Crippen molar-refractivity contribution >= 4 is 159 Å². The average molecular weight is 2240 g/mol. The van der Waals surface area contributed by atoms with Crippen molar-refractivity contribution in [2.45, 2.75) is 236 Å². The van der Waals surface area contributed by atoms with Gasteiger partial charge in [-0.1, -0.05) is 66.0 Å². The van der Waals surface area contributed by atoms with E-state index in [0.717, 1.165) is 54.9 Å². The number of hydrogen-bond donors (Lipinski definition) is 7. The molecule has 8 aromatic rings. The Labute approximate surface area is 829 Å². The predicted octanol–water partition coefficient (Wildman–Crippen LogP) is -3.44. The van der Waals surface area contributed by atoms with Gasteiger partial charge in [0, 0.05) is 134 Å². The van der Waals surface area contributed by atoms with Crippen molar-refractivity contribution in [1.29, 1.82) is 0 Å². The molecule has 7 saturated heterocycles. The third kappa shape index (κ3) is 26.1. The molecule has 141 heavy (non-hydrogen) atoms. The molecule has 0 aromatic carbocycles. The van der Waals surface area contributed by atoms with E-state index in [-0.39, 0.29) is 76.6 Å². The summed E-state index contributed by atoms with van der Waals surface area (Å²) in [5.41, 5.74) is 10.1. The number of fused-ring (bicyclic) bond motifs is 1. The number of H-pyrrole nitrogens is 4. The second-order valence-corrected chi connectivity index (χ2v) is 53.3. The Bertz CT molecular complexity index is 7140. The minimum absolute atomic E-state index is 0.00401. The number of ether oxygens (including phenoxy) is 7. The fourth-order valence-electron chi connectivity index (χ4n) is 16.3. The number of nitrogens with one attached hydrogen (secondary N) is 4. The second-order valence-electron chi connectivity index (χ2n) is 33.3. The summed E-state index contributed by atoms with van der Waals surface area (Å²) in [6.07, 6.45) is -24.6. The molecule has 56 nitrogen and oxygen atoms in total. The Kier molecular flexibility index (Phi) is 33.7. The maximum Gasteiger partial charge on any atom is 0.351 e. The molecule has 15 rings (SSSR count). The van der Waals surface area contributed by atoms with Crippen LogP contribution in [-0.2, 0) is 171 Å². The molecule has 0 amide bonds. The molecule has 7 aliphatic rings. The Morgan fingerprint density at radius 3 is 1.26 bits per heavy atom. The van der Waals surface area contributed by atoms with Crippen molar-refractivity contribution in [3.8, 4) is 0 Å². The summed E-state index contributed by atoms with van der Waals surface area (Å²) in [5.74, 6) is -0.172. The minimum atomic E-state index is -5.30. The number of nitrogens with zero attached hydrogens (tertiary/aromatic N) is 12. The van der Waals surface area contributed by atoms with Crippen LogP contribution in [0.2, 0.25) is 0 Å². The van der Waals surface area contributed by atoms with Crippen LogP contribution in [0, 0.1) is 41.5 Å². The molecule has 774 valence electrons. The number of hydrogen-bond acceptors (Lipinski definition) is 50. The lowest BCUT2D eigenvalue weighted by Gasteiger charge is -2.39. The SMILES string of the molecule is CC[C@H]1O[C@@H](n2cc(C)c(N)nc2=O)C[C@H]1OP([O-])(=S)OC[C@H]1O[C@@H](n2cc(C)c(=O)[nH]c2=O)C[C@H]1OP(=O)([S-])[OH+]C[C@H]1O[C@@H](n2cc(C)c(=O)[nH]c2=O)C[C@H]1OP([O-])(=S)[OH+]C[C@H]1O[C@@H](n2cc(C)c(=O)[nH]c2=O)C[C@H]1OP([O-])(=S)O[C@H]1O[C@@H](n2cnc3c(N)ncnc32)C[C@H]1OP([O-])(=S)O[C@H]1O[C@@H](n2cc(C)c(=O)[nH]c2=O)C[C@H]1OP([O-])(=S)CC[C@H]1O[C@@H](n2cc(C)c(N)nc2=O)C[C@H]1OP([O-])(=S)OC. The fourth-order valence-corrected chi connectivity index (χ4v) is 26.9. The maximum absolute atomic E-state index is 15.3. The van der Waals surface area contributed by atoms with Crippen molar-refractivity contribution in [1.82, 2.24) is 76.8 Å². The fraction of sp³-hybridized carbons (Fsp3) is 0.592. The van der Waals surface area contributed by atoms with Crippen molar-refractivity contribution in [2.24, 2.45) is 0 Å². The van der Waals surface area contributed by atoms with Crippen LogP contribution in [0.15, 0.2) is 97.8 Å². The Morgan fingerprint density at radius 1 is 0.426 bits per heavy atom. The van der Waals surface area contributed by atoms with Gasteiger partial charge in [0.25, 0.3) is 29.0 Å². The minimum Gasteiger partial charge on any atom is -0.801 e. The first-order valence-electron chi connectivity index (χ1n) is 42.5. The van der Waals surface area contributed by atoms with E-state index in [1.54, 1.807) is 20.8 Å². The highest BCUT2D eigenvalue weighted by Gasteiger charge is 2.51. The summed E-state index contributed by atoms with van der Waals surface area (Å²) >= 11 is 38.3. The van der Waals surface area contributed by atoms with E-state index in [9.17, 15) is 67.2 Å². The van der Waals surface area contributed by atoms with Crippen LogP contribution in [-0.4, -0.2) is 205 Å². The molecule has 0 aliphatic carbocycles. The molecule has 0 saturated carbocycles. The van der Waals surface area contributed by atoms with Crippen LogP contribution in [0.1, 0.15) is 142 Å². The maximum atomic E-state index is 15.3. The first-order chi connectivity index (χ1) is 66.1. The van der Waals surface area contributed by atoms with Crippen molar-refractivity contribution < 1.29 is 126 Å². The van der Waals surface area contributed by atoms with Crippen molar-refractivity contribution in [2.75, 3.05) is 50.3 Å². The zero-order valence-corrected chi connectivity index (χ0v) is 86.7. The predicted molar refractivity (Wildman–Crippen MR) is 503 cm³/mol. The first-order valence-corrected chi connectivity index (χ1v) is 60.7. The highest BCUT2D eigenvalue weighted by Crippen LogP contribution is 2.58. The van der Waals surface area contributed by atoms with E-state index in [1.807, 2.05) is 0 Å². The van der Waals surface area contributed by atoms with Gasteiger partial charge in [-0.15, -0.1) is 0 Å². The van der Waals surface area contributed by atoms with Gasteiger partial charge in [-0.05, 0) is 67.0 Å². The van der Waals surface area contributed by atoms with Crippen LogP contribution in [0.4, 0.5) is 17.5 Å². The lowest BCUT2D eigenvalue weighted by Crippen LogP contribution is -2.36. The number of aliphatic hydroxyl groups is 2. The normalized spacial score (nSPS) is 30.0. The van der Waals surface area contributed by atoms with Gasteiger partial charge in [0.2, 0.25) is 0 Å². The third-order valence-electron chi connectivity index (χ3n) is 23.4. The molecule has 28 atom stereocenters. The number of aromatic amines is 4. The Morgan fingerprint density at radius 2 is 0.787 bits per heavy atom. The number of nitrogen functional groups attached to an aromatic ring is 3. The molecule has 7 fully saturated rings. The lowest BCUT2D eigenvalue weighted by molar-refractivity contribution is -0.254. The molecular weight excluding hydrogens is 2150 g/mol. The number of aromatic nitrogens is 16. The molecule has 12 N–H and O–H groups in total. The third-order valence-corrected chi connectivity index (χ3v) is 35.2. The summed E-state index contributed by atoms with van der Waals surface area (Å²) < 4.78 is 139. The molecule has 70 heteroatoms. The van der Waals surface area contributed by atoms with E-state index < -0.39 is 291 Å². The highest BCUT2D eigenvalue weighted by atomic mass is 32.7. The summed E-state index contributed by atoms with van der Waals surface area (Å²) in [4.78, 5) is 247. The lowest BCUT2D eigenvalue weighted by atomic mass is 10.1. The van der Waals surface area contributed by atoms with E-state index in [0.29, 0.717) is 11.1 Å². The number of nitrogens with two attached hydrogens (primary N) is 3. The van der Waals surface area contributed by atoms with Crippen LogP contribution in [0.5, 0.6) is 0 Å². The summed E-state index contributed by atoms with van der Waals surface area (Å²) in [6, 6.07) is 0. The number of aryl methyl sites for hydroxylation is 6. The molecule has 7 unspecified atom stereocenters. The van der Waals surface area contributed by atoms with Gasteiger partial charge in [-0.2, -0.15) is 9.97 Å². The van der Waals surface area contributed by atoms with Gasteiger partial charge in [0.15, 0.2) is 49.5 Å². The van der Waals surface area contributed by atoms with Gasteiger partial charge in [0.05, 0.1) is 37.4 Å². The molecule has 8 aromatic heterocycles. The van der Waals surface area contributed by atoms with Crippen LogP contribution >= 0.6 is 46.9 Å². The van der Waals surface area contributed by atoms with E-state index in [2.05, 4.69) is 53.9 Å². The van der Waals surface area contributed by atoms with E-state index >= 15 is 14.7 Å². The van der Waals surface area contributed by atoms with Crippen molar-refractivity contribution in [3.63, 3.8) is 0 Å². The van der Waals surface area contributed by atoms with Crippen LogP contribution in [0.3, 0.4) is 0 Å². The number of imidazole rings is 1. The molecule has 15 heterocycles. The average Bonchev–Trinajstić information content (AvgIpc) is 1.62. The first kappa shape index (κ1) is 109. The Balaban J connectivity index is 0.658. The van der Waals surface area contributed by atoms with Gasteiger partial charge in [-0.3, -0.25) is 80.1 Å². The molecule has 0 spiro atoms. The monoisotopic (exact) mass is 2240 g/mol. The van der Waals surface area contributed by atoms with E-state index in [1.165, 1.54) is 61.7 Å². The van der Waals surface area contributed by atoms with Gasteiger partial charge in [0.1, 0.15) is 131 Å². The van der Waals surface area contributed by atoms with Gasteiger partial charge in [-0.25, -0.2) is 48.3 Å². The standard InChI is InChI=1S/C71H96N19O37P7S7/c1-9-36-38(12-48(112-36)84-19-30(2)56(72)78-66(84)95)121-130(103,137)109-25-45-40(14-50(114-45)86-21-32(4)60(91)80-68(86)97)122-131(104,138)110-26-46-41(15-51(115-46)87-22-33(5)61(92)81-69(87)98)123-132(105,139)111-27-47-42(16-52(116-47)88-23-34(6)62(93)82-70(88)99)124-133(106,140)127-65-44(18-54(118-65)90-29-77-55-58(74)75-28-76-59(55)90)125-134(107,141)126-64-43(17-53(117-64)89-24-35(7)63(94)83-71(89)100)119-128(101,135)11-10-37-39(120-129(102,136)108-8)13-49(113-37)85-20-31(3)57(73)79-67(85)96/h19-24,28-29,36-54,64-65H,9-18,25-27H2,1-8H3,(H,101,135)(H,102,136)(H,103,137)(H,104,138)(H,105,139)(H,106,140)(H,107,141)(H2,72,78,95)(H2,73,79,96)(H2,74,75,76)(H,80,91,97)(H,81,92,98)(H,82,93,99)(H,83,94,100)/p-5/t36-,37-,38-,39-,40-,41-,42-,43-,44-,45-,46-,47-,48-,49-,50-,51-,52-,53-,54-,64-,65-,128?,129?,130?,131?,132?,133?,134?/m1/s1. The molecular formula is C71H91N19O37P7S7-5. The largest absolute Gasteiger partial charge is 0.801 e. The summed E-state index contributed by atoms with van der Waals surface area (Å²) in [7, 11) is 1.04. The van der Waals surface area contributed by atoms with Gasteiger partial charge >= 0.3 is 40.9 Å². The highest BCUT2D eigenvalue weighted by molar-refractivity contribution is 8.32. The molecule has 0 radical (unpaired) electrons. The van der Waals surface area contributed by atoms with Crippen LogP contribution < -0.4 is 103 Å². The second kappa shape index (κ2) is 43.6. The number of anilines is 3. The smallest absolute Gasteiger partial charge is 0.351 e. The van der Waals surface area contributed by atoms with Crippen LogP contribution in [0.25, 0.3) is 11.2 Å². The molecule has 7 aliphatic heterocycles. The number of rotatable bonds is 39. The van der Waals surface area contributed by atoms with Gasteiger partial charge < -0.3 is 142 Å². The quantitative estimate of drug-likeness (QED) is 0.0112. The zero-order valence-electron chi connectivity index (χ0n) is 74.7. The Hall–Kier alpha value is -6.13. The van der Waals surface area contributed by atoms with E-state index in [4.69, 9.17) is 183 Å². The zero-order chi connectivity index (χ0) is 102.